The van der Waals surface area contributed by atoms with Crippen molar-refractivity contribution in [3.05, 3.63) is 24.3 Å². The van der Waals surface area contributed by atoms with Gasteiger partial charge in [-0.3, -0.25) is 0 Å². The Morgan fingerprint density at radius 1 is 1.18 bits per heavy atom. The number of hydrogen-bond acceptors (Lipinski definition) is 4. The lowest BCUT2D eigenvalue weighted by molar-refractivity contribution is -0.144. The van der Waals surface area contributed by atoms with E-state index in [0.29, 0.717) is 12.3 Å². The van der Waals surface area contributed by atoms with Gasteiger partial charge in [-0.25, -0.2) is 9.59 Å². The number of esters is 1. The molecule has 6 nitrogen and oxygen atoms in total. The predicted octanol–water partition coefficient (Wildman–Crippen LogP) is 2.79. The molecule has 6 heteroatoms. The molecule has 0 radical (unpaired) electrons. The summed E-state index contributed by atoms with van der Waals surface area (Å²) in [7, 11) is 1.31. The lowest BCUT2D eigenvalue weighted by atomic mass is 9.99. The number of ether oxygens (including phenoxy) is 2. The van der Waals surface area contributed by atoms with Crippen molar-refractivity contribution in [1.29, 1.82) is 0 Å². The molecule has 2 N–H and O–H groups in total. The fraction of sp³-hybridized carbons (Fsp3) is 0.500. The number of anilines is 1. The molecule has 1 aromatic carbocycles. The molecule has 1 rings (SSSR count). The van der Waals surface area contributed by atoms with Crippen molar-refractivity contribution in [3.8, 4) is 5.75 Å². The lowest BCUT2D eigenvalue weighted by Crippen LogP contribution is -2.47. The topological polar surface area (TPSA) is 76.7 Å². The number of methoxy groups -OCH3 is 1. The first-order valence-electron chi connectivity index (χ1n) is 7.40. The Morgan fingerprint density at radius 2 is 1.82 bits per heavy atom. The van der Waals surface area contributed by atoms with Crippen molar-refractivity contribution >= 4 is 17.7 Å². The first-order valence-corrected chi connectivity index (χ1v) is 7.40. The van der Waals surface area contributed by atoms with Crippen molar-refractivity contribution in [2.24, 2.45) is 5.92 Å². The zero-order valence-corrected chi connectivity index (χ0v) is 13.5. The largest absolute Gasteiger partial charge is 0.494 e. The molecule has 0 bridgehead atoms. The molecule has 0 aromatic heterocycles. The number of carbonyl (C=O) groups excluding carboxylic acids is 2. The third-order valence-corrected chi connectivity index (χ3v) is 3.38. The Balaban J connectivity index is 2.64. The molecule has 2 atom stereocenters. The summed E-state index contributed by atoms with van der Waals surface area (Å²) in [6.07, 6.45) is 0.753. The molecule has 122 valence electrons. The van der Waals surface area contributed by atoms with Crippen LogP contribution < -0.4 is 15.4 Å². The molecule has 1 unspecified atom stereocenters. The van der Waals surface area contributed by atoms with Gasteiger partial charge >= 0.3 is 12.0 Å². The molecule has 0 aliphatic rings. The number of amides is 2. The van der Waals surface area contributed by atoms with Crippen molar-refractivity contribution in [3.63, 3.8) is 0 Å². The second-order valence-corrected chi connectivity index (χ2v) is 4.94. The highest BCUT2D eigenvalue weighted by Gasteiger charge is 2.26. The minimum Gasteiger partial charge on any atom is -0.494 e. The quantitative estimate of drug-likeness (QED) is 0.759. The minimum atomic E-state index is -0.669. The number of benzene rings is 1. The summed E-state index contributed by atoms with van der Waals surface area (Å²) in [5.74, 6) is 0.273. The molecule has 0 aliphatic heterocycles. The number of carbonyl (C=O) groups is 2. The zero-order valence-electron chi connectivity index (χ0n) is 13.5. The van der Waals surface area contributed by atoms with Gasteiger partial charge in [-0.05, 0) is 37.1 Å². The molecule has 0 heterocycles. The lowest BCUT2D eigenvalue weighted by Gasteiger charge is -2.22. The summed E-state index contributed by atoms with van der Waals surface area (Å²) in [4.78, 5) is 23.7. The fourth-order valence-corrected chi connectivity index (χ4v) is 1.91. The van der Waals surface area contributed by atoms with E-state index in [0.717, 1.165) is 12.2 Å². The molecule has 0 aliphatic carbocycles. The summed E-state index contributed by atoms with van der Waals surface area (Å²) in [6, 6.07) is 5.90. The highest BCUT2D eigenvalue weighted by atomic mass is 16.5. The number of nitrogens with one attached hydrogen (secondary N) is 2. The second-order valence-electron chi connectivity index (χ2n) is 4.94. The molecular weight excluding hydrogens is 284 g/mol. The molecule has 2 amide bonds. The predicted molar refractivity (Wildman–Crippen MR) is 85.0 cm³/mol. The second kappa shape index (κ2) is 8.92. The summed E-state index contributed by atoms with van der Waals surface area (Å²) in [5, 5.41) is 5.34. The van der Waals surface area contributed by atoms with Crippen LogP contribution in [0.15, 0.2) is 24.3 Å². The Hall–Kier alpha value is -2.24. The van der Waals surface area contributed by atoms with Gasteiger partial charge in [0.2, 0.25) is 0 Å². The van der Waals surface area contributed by atoms with Crippen molar-refractivity contribution in [2.75, 3.05) is 19.0 Å². The van der Waals surface area contributed by atoms with Crippen LogP contribution in [0.3, 0.4) is 0 Å². The fourth-order valence-electron chi connectivity index (χ4n) is 1.91. The van der Waals surface area contributed by atoms with E-state index in [2.05, 4.69) is 10.6 Å². The Morgan fingerprint density at radius 3 is 2.32 bits per heavy atom. The van der Waals surface area contributed by atoms with Crippen LogP contribution in [0.1, 0.15) is 27.2 Å². The van der Waals surface area contributed by atoms with Crippen LogP contribution in [0.25, 0.3) is 0 Å². The first-order chi connectivity index (χ1) is 10.5. The summed E-state index contributed by atoms with van der Waals surface area (Å²) in [5.41, 5.74) is 0.619. The zero-order chi connectivity index (χ0) is 16.5. The Kier molecular flexibility index (Phi) is 7.22. The third kappa shape index (κ3) is 5.27. The van der Waals surface area contributed by atoms with E-state index >= 15 is 0 Å². The smallest absolute Gasteiger partial charge is 0.328 e. The summed E-state index contributed by atoms with van der Waals surface area (Å²) in [6.45, 7) is 6.33. The van der Waals surface area contributed by atoms with Crippen molar-refractivity contribution in [1.82, 2.24) is 5.32 Å². The summed E-state index contributed by atoms with van der Waals surface area (Å²) >= 11 is 0. The maximum absolute atomic E-state index is 12.0. The third-order valence-electron chi connectivity index (χ3n) is 3.38. The van der Waals surface area contributed by atoms with Crippen LogP contribution in [0.4, 0.5) is 10.5 Å². The van der Waals surface area contributed by atoms with Crippen LogP contribution in [-0.2, 0) is 9.53 Å². The van der Waals surface area contributed by atoms with Gasteiger partial charge in [0.05, 0.1) is 13.7 Å². The first kappa shape index (κ1) is 17.8. The molecule has 0 saturated heterocycles. The Bertz CT molecular complexity index is 487. The normalized spacial score (nSPS) is 12.9. The molecule has 0 spiro atoms. The van der Waals surface area contributed by atoms with Gasteiger partial charge in [0.15, 0.2) is 0 Å². The summed E-state index contributed by atoms with van der Waals surface area (Å²) < 4.78 is 10.1. The van der Waals surface area contributed by atoms with Crippen LogP contribution in [0, 0.1) is 5.92 Å². The number of rotatable bonds is 7. The van der Waals surface area contributed by atoms with Gasteiger partial charge in [0, 0.05) is 5.69 Å². The average Bonchev–Trinajstić information content (AvgIpc) is 2.53. The van der Waals surface area contributed by atoms with Gasteiger partial charge in [-0.1, -0.05) is 20.3 Å². The molecule has 22 heavy (non-hydrogen) atoms. The maximum atomic E-state index is 12.0. The van der Waals surface area contributed by atoms with Gasteiger partial charge in [0.25, 0.3) is 0 Å². The average molecular weight is 308 g/mol. The standard InChI is InChI=1S/C16H24N2O4/c1-5-11(3)14(15(19)21-4)18-16(20)17-12-7-9-13(10-8-12)22-6-2/h7-11,14H,5-6H2,1-4H3,(H2,17,18,20)/t11?,14-/m0/s1. The van der Waals surface area contributed by atoms with Gasteiger partial charge in [0.1, 0.15) is 11.8 Å². The van der Waals surface area contributed by atoms with E-state index in [-0.39, 0.29) is 5.92 Å². The van der Waals surface area contributed by atoms with Crippen molar-refractivity contribution in [2.45, 2.75) is 33.2 Å². The minimum absolute atomic E-state index is 0.0152. The van der Waals surface area contributed by atoms with E-state index < -0.39 is 18.0 Å². The van der Waals surface area contributed by atoms with Crippen LogP contribution in [0.2, 0.25) is 0 Å². The van der Waals surface area contributed by atoms with Crippen molar-refractivity contribution < 1.29 is 19.1 Å². The van der Waals surface area contributed by atoms with E-state index in [1.54, 1.807) is 24.3 Å². The number of hydrogen-bond donors (Lipinski definition) is 2. The van der Waals surface area contributed by atoms with Crippen LogP contribution >= 0.6 is 0 Å². The van der Waals surface area contributed by atoms with Crippen LogP contribution in [-0.4, -0.2) is 31.8 Å². The molecule has 0 saturated carbocycles. The maximum Gasteiger partial charge on any atom is 0.328 e. The monoisotopic (exact) mass is 308 g/mol. The van der Waals surface area contributed by atoms with E-state index in [4.69, 9.17) is 9.47 Å². The molecule has 1 aromatic rings. The molecular formula is C16H24N2O4. The SMILES string of the molecule is CCOc1ccc(NC(=O)N[C@H](C(=O)OC)C(C)CC)cc1. The van der Waals surface area contributed by atoms with E-state index in [1.807, 2.05) is 20.8 Å². The van der Waals surface area contributed by atoms with E-state index in [1.165, 1.54) is 7.11 Å². The highest BCUT2D eigenvalue weighted by Crippen LogP contribution is 2.16. The van der Waals surface area contributed by atoms with E-state index in [9.17, 15) is 9.59 Å². The van der Waals surface area contributed by atoms with Gasteiger partial charge < -0.3 is 20.1 Å². The highest BCUT2D eigenvalue weighted by molar-refractivity contribution is 5.92. The van der Waals surface area contributed by atoms with Gasteiger partial charge in [-0.2, -0.15) is 0 Å². The molecule has 0 fully saturated rings. The number of urea groups is 1. The van der Waals surface area contributed by atoms with Crippen LogP contribution in [0.5, 0.6) is 5.75 Å². The van der Waals surface area contributed by atoms with Gasteiger partial charge in [-0.15, -0.1) is 0 Å². The Labute approximate surface area is 131 Å².